The van der Waals surface area contributed by atoms with E-state index in [0.29, 0.717) is 19.1 Å². The lowest BCUT2D eigenvalue weighted by Crippen LogP contribution is -2.31. The zero-order chi connectivity index (χ0) is 14.8. The van der Waals surface area contributed by atoms with Crippen molar-refractivity contribution in [1.29, 1.82) is 0 Å². The average molecular weight is 283 g/mol. The zero-order valence-electron chi connectivity index (χ0n) is 12.6. The Kier molecular flexibility index (Phi) is 3.93. The number of carbonyl (C=O) groups excluding carboxylic acids is 1. The fourth-order valence-electron chi connectivity index (χ4n) is 2.66. The highest BCUT2D eigenvalue weighted by Gasteiger charge is 2.31. The molecule has 110 valence electrons. The van der Waals surface area contributed by atoms with Gasteiger partial charge in [-0.05, 0) is 50.5 Å². The molecule has 0 bridgehead atoms. The van der Waals surface area contributed by atoms with Crippen molar-refractivity contribution < 1.29 is 9.21 Å². The molecule has 0 N–H and O–H groups in total. The van der Waals surface area contributed by atoms with Crippen molar-refractivity contribution in [2.24, 2.45) is 0 Å². The Morgan fingerprint density at radius 1 is 1.29 bits per heavy atom. The molecule has 1 fully saturated rings. The first kappa shape index (κ1) is 14.1. The van der Waals surface area contributed by atoms with Gasteiger partial charge in [0, 0.05) is 11.6 Å². The Morgan fingerprint density at radius 3 is 2.76 bits per heavy atom. The third-order valence-corrected chi connectivity index (χ3v) is 4.04. The van der Waals surface area contributed by atoms with Crippen molar-refractivity contribution in [3.8, 4) is 0 Å². The molecule has 0 spiro atoms. The number of rotatable bonds is 6. The van der Waals surface area contributed by atoms with Crippen molar-refractivity contribution in [1.82, 2.24) is 4.90 Å². The molecule has 1 saturated carbocycles. The summed E-state index contributed by atoms with van der Waals surface area (Å²) in [7, 11) is 0. The summed E-state index contributed by atoms with van der Waals surface area (Å²) in [5, 5.41) is 0. The van der Waals surface area contributed by atoms with Crippen LogP contribution in [0, 0.1) is 13.8 Å². The Morgan fingerprint density at radius 2 is 2.10 bits per heavy atom. The van der Waals surface area contributed by atoms with Crippen LogP contribution in [0.15, 0.2) is 41.0 Å². The third kappa shape index (κ3) is 3.42. The molecule has 0 unspecified atom stereocenters. The maximum Gasteiger partial charge on any atom is 0.177 e. The molecule has 2 aromatic rings. The highest BCUT2D eigenvalue weighted by atomic mass is 16.3. The second-order valence-electron chi connectivity index (χ2n) is 5.96. The van der Waals surface area contributed by atoms with Crippen LogP contribution in [0.5, 0.6) is 0 Å². The molecule has 0 radical (unpaired) electrons. The number of Topliss-reactive ketones (excluding diaryl/α,β-unsaturated/α-hetero) is 1. The Bertz CT molecular complexity index is 627. The molecule has 1 aromatic heterocycles. The van der Waals surface area contributed by atoms with Crippen molar-refractivity contribution in [2.75, 3.05) is 6.54 Å². The molecule has 3 nitrogen and oxygen atoms in total. The van der Waals surface area contributed by atoms with Gasteiger partial charge >= 0.3 is 0 Å². The van der Waals surface area contributed by atoms with Crippen LogP contribution in [-0.4, -0.2) is 23.3 Å². The van der Waals surface area contributed by atoms with Crippen LogP contribution in [0.4, 0.5) is 0 Å². The van der Waals surface area contributed by atoms with Crippen LogP contribution in [0.2, 0.25) is 0 Å². The molecule has 21 heavy (non-hydrogen) atoms. The van der Waals surface area contributed by atoms with Gasteiger partial charge in [-0.2, -0.15) is 0 Å². The normalized spacial score (nSPS) is 14.6. The van der Waals surface area contributed by atoms with Crippen LogP contribution in [0.1, 0.15) is 40.1 Å². The summed E-state index contributed by atoms with van der Waals surface area (Å²) in [4.78, 5) is 14.9. The van der Waals surface area contributed by atoms with Crippen LogP contribution in [-0.2, 0) is 6.54 Å². The monoisotopic (exact) mass is 283 g/mol. The molecule has 1 aliphatic rings. The summed E-state index contributed by atoms with van der Waals surface area (Å²) in [5.41, 5.74) is 3.03. The van der Waals surface area contributed by atoms with Crippen LogP contribution in [0.3, 0.4) is 0 Å². The molecular weight excluding hydrogens is 262 g/mol. The molecule has 1 aliphatic carbocycles. The number of aryl methyl sites for hydroxylation is 2. The lowest BCUT2D eigenvalue weighted by molar-refractivity contribution is 0.0913. The number of hydrogen-bond acceptors (Lipinski definition) is 3. The summed E-state index contributed by atoms with van der Waals surface area (Å²) in [6, 6.07) is 10.5. The molecule has 0 amide bonds. The number of ketones is 1. The van der Waals surface area contributed by atoms with Crippen molar-refractivity contribution in [3.63, 3.8) is 0 Å². The van der Waals surface area contributed by atoms with Gasteiger partial charge in [0.25, 0.3) is 0 Å². The van der Waals surface area contributed by atoms with Gasteiger partial charge in [0.2, 0.25) is 0 Å². The Balaban J connectivity index is 1.73. The molecule has 1 heterocycles. The number of carbonyl (C=O) groups is 1. The van der Waals surface area contributed by atoms with E-state index in [-0.39, 0.29) is 5.78 Å². The van der Waals surface area contributed by atoms with Gasteiger partial charge in [-0.25, -0.2) is 0 Å². The smallest absolute Gasteiger partial charge is 0.177 e. The summed E-state index contributed by atoms with van der Waals surface area (Å²) in [6.45, 7) is 5.21. The summed E-state index contributed by atoms with van der Waals surface area (Å²) < 4.78 is 5.42. The molecule has 3 rings (SSSR count). The van der Waals surface area contributed by atoms with Gasteiger partial charge in [-0.15, -0.1) is 0 Å². The van der Waals surface area contributed by atoms with E-state index in [4.69, 9.17) is 4.42 Å². The highest BCUT2D eigenvalue weighted by Crippen LogP contribution is 2.28. The van der Waals surface area contributed by atoms with Gasteiger partial charge in [-0.1, -0.05) is 17.7 Å². The maximum absolute atomic E-state index is 12.6. The number of hydrogen-bond donors (Lipinski definition) is 0. The standard InChI is InChI=1S/C18H21NO2/c1-13-5-6-14(2)17(10-13)18(20)12-19(15-7-8-15)11-16-4-3-9-21-16/h3-6,9-10,15H,7-8,11-12H2,1-2H3. The highest BCUT2D eigenvalue weighted by molar-refractivity contribution is 5.99. The number of benzene rings is 1. The second kappa shape index (κ2) is 5.86. The second-order valence-corrected chi connectivity index (χ2v) is 5.96. The Labute approximate surface area is 125 Å². The van der Waals surface area contributed by atoms with Crippen LogP contribution >= 0.6 is 0 Å². The van der Waals surface area contributed by atoms with E-state index in [1.165, 1.54) is 12.8 Å². The first-order chi connectivity index (χ1) is 10.1. The Hall–Kier alpha value is -1.87. The minimum atomic E-state index is 0.203. The first-order valence-corrected chi connectivity index (χ1v) is 7.50. The van der Waals surface area contributed by atoms with Gasteiger partial charge in [0.15, 0.2) is 5.78 Å². The van der Waals surface area contributed by atoms with E-state index in [0.717, 1.165) is 22.5 Å². The fourth-order valence-corrected chi connectivity index (χ4v) is 2.66. The van der Waals surface area contributed by atoms with E-state index < -0.39 is 0 Å². The molecule has 0 atom stereocenters. The van der Waals surface area contributed by atoms with Crippen LogP contribution < -0.4 is 0 Å². The minimum Gasteiger partial charge on any atom is -0.468 e. The molecular formula is C18H21NO2. The molecule has 0 aliphatic heterocycles. The minimum absolute atomic E-state index is 0.203. The molecule has 3 heteroatoms. The van der Waals surface area contributed by atoms with E-state index in [1.54, 1.807) is 6.26 Å². The largest absolute Gasteiger partial charge is 0.468 e. The van der Waals surface area contributed by atoms with E-state index in [2.05, 4.69) is 4.90 Å². The predicted octanol–water partition coefficient (Wildman–Crippen LogP) is 3.74. The predicted molar refractivity (Wildman–Crippen MR) is 82.4 cm³/mol. The van der Waals surface area contributed by atoms with Crippen LogP contribution in [0.25, 0.3) is 0 Å². The lowest BCUT2D eigenvalue weighted by atomic mass is 10.0. The molecule has 0 saturated heterocycles. The summed E-state index contributed by atoms with van der Waals surface area (Å²) >= 11 is 0. The summed E-state index contributed by atoms with van der Waals surface area (Å²) in [6.07, 6.45) is 4.05. The summed E-state index contributed by atoms with van der Waals surface area (Å²) in [5.74, 6) is 1.13. The van der Waals surface area contributed by atoms with Gasteiger partial charge < -0.3 is 4.42 Å². The van der Waals surface area contributed by atoms with Crippen molar-refractivity contribution in [3.05, 3.63) is 59.0 Å². The van der Waals surface area contributed by atoms with Crippen molar-refractivity contribution in [2.45, 2.75) is 39.3 Å². The van der Waals surface area contributed by atoms with E-state index in [9.17, 15) is 4.79 Å². The van der Waals surface area contributed by atoms with E-state index in [1.807, 2.05) is 44.2 Å². The van der Waals surface area contributed by atoms with Crippen molar-refractivity contribution >= 4 is 5.78 Å². The third-order valence-electron chi connectivity index (χ3n) is 4.04. The first-order valence-electron chi connectivity index (χ1n) is 7.50. The number of furan rings is 1. The van der Waals surface area contributed by atoms with E-state index >= 15 is 0 Å². The average Bonchev–Trinajstić information content (AvgIpc) is 3.19. The quantitative estimate of drug-likeness (QED) is 0.757. The molecule has 1 aromatic carbocycles. The lowest BCUT2D eigenvalue weighted by Gasteiger charge is -2.20. The fraction of sp³-hybridized carbons (Fsp3) is 0.389. The van der Waals surface area contributed by atoms with Gasteiger partial charge in [0.1, 0.15) is 5.76 Å². The number of nitrogens with zero attached hydrogens (tertiary/aromatic N) is 1. The van der Waals surface area contributed by atoms with Gasteiger partial charge in [0.05, 0.1) is 19.4 Å². The van der Waals surface area contributed by atoms with Gasteiger partial charge in [-0.3, -0.25) is 9.69 Å². The zero-order valence-corrected chi connectivity index (χ0v) is 12.6. The maximum atomic E-state index is 12.6. The SMILES string of the molecule is Cc1ccc(C)c(C(=O)CN(Cc2ccco2)C2CC2)c1. The topological polar surface area (TPSA) is 33.5 Å².